The molecule has 31 heavy (non-hydrogen) atoms. The summed E-state index contributed by atoms with van der Waals surface area (Å²) in [6.07, 6.45) is 0. The zero-order valence-corrected chi connectivity index (χ0v) is 17.9. The van der Waals surface area contributed by atoms with E-state index in [2.05, 4.69) is 16.8 Å². The molecule has 0 aromatic heterocycles. The zero-order valence-electron chi connectivity index (χ0n) is 17.1. The Morgan fingerprint density at radius 1 is 1.13 bits per heavy atom. The van der Waals surface area contributed by atoms with Gasteiger partial charge in [-0.25, -0.2) is 17.6 Å². The van der Waals surface area contributed by atoms with E-state index in [9.17, 15) is 8.78 Å². The molecule has 0 radical (unpaired) electrons. The molecule has 2 unspecified atom stereocenters. The number of hydrogen-bond donors (Lipinski definition) is 1. The number of rotatable bonds is 1. The number of nitrogens with zero attached hydrogens (tertiary/aromatic N) is 1. The lowest BCUT2D eigenvalue weighted by Crippen LogP contribution is -2.53. The summed E-state index contributed by atoms with van der Waals surface area (Å²) in [5.41, 5.74) is 4.10. The molecule has 0 saturated carbocycles. The van der Waals surface area contributed by atoms with Gasteiger partial charge in [0.1, 0.15) is 29.7 Å². The van der Waals surface area contributed by atoms with Crippen molar-refractivity contribution in [3.63, 3.8) is 0 Å². The fourth-order valence-corrected chi connectivity index (χ4v) is 3.55. The van der Waals surface area contributed by atoms with Gasteiger partial charge in [0.05, 0.1) is 11.6 Å². The third kappa shape index (κ3) is 4.70. The Labute approximate surface area is 183 Å². The highest BCUT2D eigenvalue weighted by Crippen LogP contribution is 2.46. The van der Waals surface area contributed by atoms with E-state index in [1.807, 2.05) is 0 Å². The van der Waals surface area contributed by atoms with Crippen molar-refractivity contribution in [1.82, 2.24) is 0 Å². The van der Waals surface area contributed by atoms with Crippen LogP contribution in [-0.2, 0) is 4.74 Å². The number of nitrogens with two attached hydrogens (primary N) is 1. The molecule has 2 aromatic rings. The largest absolute Gasteiger partial charge is 0.386 e. The van der Waals surface area contributed by atoms with Crippen molar-refractivity contribution in [3.05, 3.63) is 69.7 Å². The van der Waals surface area contributed by atoms with Crippen LogP contribution in [0.3, 0.4) is 0 Å². The van der Waals surface area contributed by atoms with E-state index in [0.29, 0.717) is 16.7 Å². The first-order chi connectivity index (χ1) is 14.4. The highest BCUT2D eigenvalue weighted by Gasteiger charge is 2.55. The molecule has 0 saturated heterocycles. The molecule has 0 amide bonds. The van der Waals surface area contributed by atoms with Crippen LogP contribution < -0.4 is 5.73 Å². The summed E-state index contributed by atoms with van der Waals surface area (Å²) >= 11 is 5.91. The van der Waals surface area contributed by atoms with Crippen molar-refractivity contribution < 1.29 is 22.3 Å². The number of amidine groups is 1. The lowest BCUT2D eigenvalue weighted by Gasteiger charge is -2.41. The molecular weight excluding hydrogens is 432 g/mol. The van der Waals surface area contributed by atoms with Gasteiger partial charge in [0, 0.05) is 28.1 Å². The van der Waals surface area contributed by atoms with Gasteiger partial charge < -0.3 is 10.5 Å². The number of benzene rings is 2. The normalized spacial score (nSPS) is 22.5. The van der Waals surface area contributed by atoms with Crippen LogP contribution in [0.15, 0.2) is 41.4 Å². The summed E-state index contributed by atoms with van der Waals surface area (Å²) in [6.45, 7) is 3.37. The predicted octanol–water partition coefficient (Wildman–Crippen LogP) is 5.50. The Morgan fingerprint density at radius 2 is 1.84 bits per heavy atom. The molecule has 3 rings (SSSR count). The Kier molecular flexibility index (Phi) is 6.35. The summed E-state index contributed by atoms with van der Waals surface area (Å²) in [5, 5.41) is 0.451. The lowest BCUT2D eigenvalue weighted by molar-refractivity contribution is -0.215. The van der Waals surface area contributed by atoms with Crippen molar-refractivity contribution in [2.24, 2.45) is 16.6 Å². The summed E-state index contributed by atoms with van der Waals surface area (Å²) in [5.74, 6) is -1.50. The SMILES string of the molecule is CC1C(c2cc(C#Cc3cccc(Cl)c3)c(F)cc2F)N=C(N)COC(C)(C)C1(F)F. The highest BCUT2D eigenvalue weighted by molar-refractivity contribution is 6.30. The molecule has 2 aromatic carbocycles. The van der Waals surface area contributed by atoms with Crippen LogP contribution in [0.5, 0.6) is 0 Å². The van der Waals surface area contributed by atoms with E-state index in [1.165, 1.54) is 20.8 Å². The van der Waals surface area contributed by atoms with Crippen molar-refractivity contribution in [2.45, 2.75) is 38.3 Å². The predicted molar refractivity (Wildman–Crippen MR) is 112 cm³/mol. The molecule has 1 aliphatic heterocycles. The highest BCUT2D eigenvalue weighted by atomic mass is 35.5. The Bertz CT molecular complexity index is 1090. The van der Waals surface area contributed by atoms with Crippen molar-refractivity contribution in [1.29, 1.82) is 0 Å². The van der Waals surface area contributed by atoms with E-state index in [0.717, 1.165) is 6.07 Å². The van der Waals surface area contributed by atoms with E-state index in [-0.39, 0.29) is 23.6 Å². The van der Waals surface area contributed by atoms with Crippen molar-refractivity contribution in [3.8, 4) is 11.8 Å². The molecule has 1 heterocycles. The maximum atomic E-state index is 15.1. The quantitative estimate of drug-likeness (QED) is 0.459. The fraction of sp³-hybridized carbons (Fsp3) is 0.348. The molecule has 2 atom stereocenters. The van der Waals surface area contributed by atoms with Gasteiger partial charge >= 0.3 is 0 Å². The van der Waals surface area contributed by atoms with Crippen LogP contribution in [0.4, 0.5) is 17.6 Å². The first-order valence-electron chi connectivity index (χ1n) is 9.53. The fourth-order valence-electron chi connectivity index (χ4n) is 3.36. The zero-order chi connectivity index (χ0) is 23.0. The van der Waals surface area contributed by atoms with E-state index < -0.39 is 35.1 Å². The lowest BCUT2D eigenvalue weighted by atomic mass is 9.81. The number of aliphatic imine (C=N–C) groups is 1. The summed E-state index contributed by atoms with van der Waals surface area (Å²) < 4.78 is 64.6. The second-order valence-corrected chi connectivity index (χ2v) is 8.33. The van der Waals surface area contributed by atoms with Gasteiger partial charge in [0.2, 0.25) is 0 Å². The van der Waals surface area contributed by atoms with Crippen LogP contribution in [-0.4, -0.2) is 24.0 Å². The van der Waals surface area contributed by atoms with Gasteiger partial charge in [0.25, 0.3) is 5.92 Å². The average Bonchev–Trinajstić information content (AvgIpc) is 2.69. The summed E-state index contributed by atoms with van der Waals surface area (Å²) in [6, 6.07) is 6.96. The molecular formula is C23H21ClF4N2O. The van der Waals surface area contributed by atoms with E-state index in [4.69, 9.17) is 22.1 Å². The number of alkyl halides is 2. The molecule has 3 nitrogen and oxygen atoms in total. The molecule has 1 aliphatic rings. The smallest absolute Gasteiger partial charge is 0.280 e. The molecule has 0 bridgehead atoms. The van der Waals surface area contributed by atoms with Crippen LogP contribution in [0.2, 0.25) is 5.02 Å². The van der Waals surface area contributed by atoms with Crippen LogP contribution in [0, 0.1) is 29.4 Å². The average molecular weight is 453 g/mol. The topological polar surface area (TPSA) is 47.6 Å². The van der Waals surface area contributed by atoms with Crippen molar-refractivity contribution >= 4 is 17.4 Å². The van der Waals surface area contributed by atoms with Gasteiger partial charge in [0.15, 0.2) is 0 Å². The van der Waals surface area contributed by atoms with Crippen LogP contribution in [0.1, 0.15) is 43.5 Å². The molecule has 0 spiro atoms. The standard InChI is InChI=1S/C23H21ClF4N2O/c1-13-21(30-20(29)12-31-22(2,3)23(13,27)28)17-10-15(18(25)11-19(17)26)8-7-14-5-4-6-16(24)9-14/h4-6,9-11,13,21H,12H2,1-3H3,(H2,29,30). The third-order valence-electron chi connectivity index (χ3n) is 5.31. The van der Waals surface area contributed by atoms with E-state index in [1.54, 1.807) is 24.3 Å². The van der Waals surface area contributed by atoms with Gasteiger partial charge in [-0.2, -0.15) is 0 Å². The van der Waals surface area contributed by atoms with Gasteiger partial charge in [-0.3, -0.25) is 4.99 Å². The first-order valence-corrected chi connectivity index (χ1v) is 9.90. The minimum atomic E-state index is -3.38. The molecule has 164 valence electrons. The maximum absolute atomic E-state index is 15.1. The van der Waals surface area contributed by atoms with Gasteiger partial charge in [-0.1, -0.05) is 36.4 Å². The molecule has 0 fully saturated rings. The van der Waals surface area contributed by atoms with E-state index >= 15 is 8.78 Å². The second kappa shape index (κ2) is 8.52. The van der Waals surface area contributed by atoms with Gasteiger partial charge in [-0.05, 0) is 38.1 Å². The van der Waals surface area contributed by atoms with Crippen molar-refractivity contribution in [2.75, 3.05) is 6.61 Å². The summed E-state index contributed by atoms with van der Waals surface area (Å²) in [4.78, 5) is 4.07. The minimum absolute atomic E-state index is 0.0595. The monoisotopic (exact) mass is 452 g/mol. The molecule has 8 heteroatoms. The van der Waals surface area contributed by atoms with Crippen LogP contribution >= 0.6 is 11.6 Å². The number of hydrogen-bond acceptors (Lipinski definition) is 3. The minimum Gasteiger partial charge on any atom is -0.386 e. The number of ether oxygens (including phenoxy) is 1. The first kappa shape index (κ1) is 23.1. The maximum Gasteiger partial charge on any atom is 0.280 e. The summed E-state index contributed by atoms with van der Waals surface area (Å²) in [7, 11) is 0. The Morgan fingerprint density at radius 3 is 2.52 bits per heavy atom. The Hall–Kier alpha value is -2.56. The van der Waals surface area contributed by atoms with Gasteiger partial charge in [-0.15, -0.1) is 0 Å². The number of halogens is 5. The molecule has 0 aliphatic carbocycles. The van der Waals surface area contributed by atoms with Crippen LogP contribution in [0.25, 0.3) is 0 Å². The second-order valence-electron chi connectivity index (χ2n) is 7.89. The third-order valence-corrected chi connectivity index (χ3v) is 5.54. The molecule has 2 N–H and O–H groups in total. The Balaban J connectivity index is 2.10.